The van der Waals surface area contributed by atoms with Gasteiger partial charge in [-0.3, -0.25) is 4.79 Å². The highest BCUT2D eigenvalue weighted by atomic mass is 16.5. The molecule has 1 aromatic rings. The number of hydrogen-bond donors (Lipinski definition) is 1. The van der Waals surface area contributed by atoms with Crippen molar-refractivity contribution >= 4 is 11.7 Å². The Morgan fingerprint density at radius 1 is 1.48 bits per heavy atom. The van der Waals surface area contributed by atoms with Gasteiger partial charge in [0, 0.05) is 19.3 Å². The second kappa shape index (κ2) is 7.04. The normalized spacial score (nSPS) is 16.9. The largest absolute Gasteiger partial charge is 0.381 e. The lowest BCUT2D eigenvalue weighted by Gasteiger charge is -2.23. The Labute approximate surface area is 125 Å². The van der Waals surface area contributed by atoms with Crippen LogP contribution >= 0.6 is 0 Å². The minimum atomic E-state index is -0.162. The Hall–Kier alpha value is -1.40. The lowest BCUT2D eigenvalue weighted by atomic mass is 10.1. The Morgan fingerprint density at radius 2 is 2.19 bits per heavy atom. The first-order valence-electron chi connectivity index (χ1n) is 7.50. The number of carbonyl (C=O) groups is 1. The molecule has 1 aliphatic rings. The number of nitrogens with zero attached hydrogens (tertiary/aromatic N) is 2. The van der Waals surface area contributed by atoms with Crippen LogP contribution in [0.3, 0.4) is 0 Å². The van der Waals surface area contributed by atoms with E-state index in [-0.39, 0.29) is 17.6 Å². The second-order valence-corrected chi connectivity index (χ2v) is 6.28. The molecule has 0 aliphatic carbocycles. The minimum Gasteiger partial charge on any atom is -0.381 e. The monoisotopic (exact) mass is 295 g/mol. The molecule has 2 rings (SSSR count). The molecule has 118 valence electrons. The lowest BCUT2D eigenvalue weighted by Crippen LogP contribution is -2.28. The predicted molar refractivity (Wildman–Crippen MR) is 80.3 cm³/mol. The fraction of sp³-hybridized carbons (Fsp3) is 0.733. The molecule has 0 aromatic carbocycles. The van der Waals surface area contributed by atoms with E-state index in [9.17, 15) is 4.79 Å². The number of carbonyl (C=O) groups excluding carboxylic acids is 1. The SMILES string of the molecule is CC(C)(C)n1nccc1NC(=O)CCOC1CCOCC1. The third-order valence-electron chi connectivity index (χ3n) is 3.40. The van der Waals surface area contributed by atoms with Gasteiger partial charge in [-0.15, -0.1) is 0 Å². The predicted octanol–water partition coefficient (Wildman–Crippen LogP) is 2.16. The molecule has 1 N–H and O–H groups in total. The summed E-state index contributed by atoms with van der Waals surface area (Å²) in [6, 6.07) is 1.81. The van der Waals surface area contributed by atoms with Crippen molar-refractivity contribution in [1.29, 1.82) is 0 Å². The van der Waals surface area contributed by atoms with Gasteiger partial charge < -0.3 is 14.8 Å². The van der Waals surface area contributed by atoms with Gasteiger partial charge in [-0.1, -0.05) is 0 Å². The zero-order chi connectivity index (χ0) is 15.3. The molecule has 0 spiro atoms. The fourth-order valence-corrected chi connectivity index (χ4v) is 2.30. The first kappa shape index (κ1) is 16.0. The van der Waals surface area contributed by atoms with E-state index < -0.39 is 0 Å². The smallest absolute Gasteiger partial charge is 0.227 e. The zero-order valence-corrected chi connectivity index (χ0v) is 13.1. The second-order valence-electron chi connectivity index (χ2n) is 6.28. The van der Waals surface area contributed by atoms with Crippen LogP contribution in [0.5, 0.6) is 0 Å². The molecule has 0 saturated carbocycles. The van der Waals surface area contributed by atoms with Crippen molar-refractivity contribution in [2.45, 2.75) is 51.7 Å². The molecule has 1 aliphatic heterocycles. The van der Waals surface area contributed by atoms with Crippen LogP contribution in [0.1, 0.15) is 40.0 Å². The summed E-state index contributed by atoms with van der Waals surface area (Å²) in [5, 5.41) is 7.14. The standard InChI is InChI=1S/C15H25N3O3/c1-15(2,3)18-13(4-8-16-18)17-14(19)7-11-21-12-5-9-20-10-6-12/h4,8,12H,5-7,9-11H2,1-3H3,(H,17,19). The van der Waals surface area contributed by atoms with E-state index in [2.05, 4.69) is 10.4 Å². The number of hydrogen-bond acceptors (Lipinski definition) is 4. The van der Waals surface area contributed by atoms with Crippen molar-refractivity contribution in [2.75, 3.05) is 25.1 Å². The Bertz CT molecular complexity index is 459. The summed E-state index contributed by atoms with van der Waals surface area (Å²) < 4.78 is 12.8. The van der Waals surface area contributed by atoms with E-state index in [1.54, 1.807) is 6.20 Å². The van der Waals surface area contributed by atoms with Gasteiger partial charge >= 0.3 is 0 Å². The molecule has 1 amide bonds. The summed E-state index contributed by atoms with van der Waals surface area (Å²) >= 11 is 0. The summed E-state index contributed by atoms with van der Waals surface area (Å²) in [4.78, 5) is 12.0. The van der Waals surface area contributed by atoms with Crippen LogP contribution in [0.2, 0.25) is 0 Å². The molecule has 6 heteroatoms. The van der Waals surface area contributed by atoms with E-state index in [1.807, 2.05) is 31.5 Å². The van der Waals surface area contributed by atoms with Gasteiger partial charge in [-0.25, -0.2) is 4.68 Å². The van der Waals surface area contributed by atoms with Gasteiger partial charge in [-0.2, -0.15) is 5.10 Å². The molecular formula is C15H25N3O3. The maximum Gasteiger partial charge on any atom is 0.227 e. The molecule has 21 heavy (non-hydrogen) atoms. The molecular weight excluding hydrogens is 270 g/mol. The van der Waals surface area contributed by atoms with Crippen LogP contribution in [-0.2, 0) is 19.8 Å². The topological polar surface area (TPSA) is 65.4 Å². The quantitative estimate of drug-likeness (QED) is 0.904. The molecule has 1 saturated heterocycles. The number of amides is 1. The van der Waals surface area contributed by atoms with Crippen molar-refractivity contribution < 1.29 is 14.3 Å². The first-order chi connectivity index (χ1) is 9.97. The third kappa shape index (κ3) is 4.82. The average Bonchev–Trinajstić information content (AvgIpc) is 2.88. The van der Waals surface area contributed by atoms with E-state index in [0.717, 1.165) is 31.9 Å². The van der Waals surface area contributed by atoms with Crippen molar-refractivity contribution in [1.82, 2.24) is 9.78 Å². The van der Waals surface area contributed by atoms with E-state index in [1.165, 1.54) is 0 Å². The van der Waals surface area contributed by atoms with E-state index in [0.29, 0.717) is 13.0 Å². The summed E-state index contributed by atoms with van der Waals surface area (Å²) in [5.74, 6) is 0.673. The van der Waals surface area contributed by atoms with Gasteiger partial charge in [0.15, 0.2) is 0 Å². The van der Waals surface area contributed by atoms with Crippen molar-refractivity contribution in [3.05, 3.63) is 12.3 Å². The third-order valence-corrected chi connectivity index (χ3v) is 3.40. The highest BCUT2D eigenvalue weighted by Gasteiger charge is 2.19. The van der Waals surface area contributed by atoms with Crippen molar-refractivity contribution in [2.24, 2.45) is 0 Å². The molecule has 0 radical (unpaired) electrons. The first-order valence-corrected chi connectivity index (χ1v) is 7.50. The maximum atomic E-state index is 12.0. The van der Waals surface area contributed by atoms with Gasteiger partial charge in [0.2, 0.25) is 5.91 Å². The van der Waals surface area contributed by atoms with Gasteiger partial charge in [-0.05, 0) is 33.6 Å². The Balaban J connectivity index is 1.76. The molecule has 6 nitrogen and oxygen atoms in total. The minimum absolute atomic E-state index is 0.0481. The van der Waals surface area contributed by atoms with Crippen LogP contribution in [0.15, 0.2) is 12.3 Å². The zero-order valence-electron chi connectivity index (χ0n) is 13.1. The van der Waals surface area contributed by atoms with E-state index >= 15 is 0 Å². The molecule has 0 bridgehead atoms. The van der Waals surface area contributed by atoms with Crippen LogP contribution in [0, 0.1) is 0 Å². The van der Waals surface area contributed by atoms with Crippen LogP contribution in [0.25, 0.3) is 0 Å². The van der Waals surface area contributed by atoms with Crippen molar-refractivity contribution in [3.8, 4) is 0 Å². The number of ether oxygens (including phenoxy) is 2. The number of nitrogens with one attached hydrogen (secondary N) is 1. The fourth-order valence-electron chi connectivity index (χ4n) is 2.30. The Morgan fingerprint density at radius 3 is 2.86 bits per heavy atom. The summed E-state index contributed by atoms with van der Waals surface area (Å²) in [7, 11) is 0. The number of rotatable bonds is 5. The summed E-state index contributed by atoms with van der Waals surface area (Å²) in [5.41, 5.74) is -0.162. The van der Waals surface area contributed by atoms with Crippen LogP contribution in [-0.4, -0.2) is 41.6 Å². The highest BCUT2D eigenvalue weighted by molar-refractivity contribution is 5.89. The summed E-state index contributed by atoms with van der Waals surface area (Å²) in [6.07, 6.45) is 4.11. The van der Waals surface area contributed by atoms with Gasteiger partial charge in [0.1, 0.15) is 5.82 Å². The van der Waals surface area contributed by atoms with Gasteiger partial charge in [0.05, 0.1) is 30.9 Å². The molecule has 2 heterocycles. The highest BCUT2D eigenvalue weighted by Crippen LogP contribution is 2.19. The van der Waals surface area contributed by atoms with Crippen LogP contribution < -0.4 is 5.32 Å². The summed E-state index contributed by atoms with van der Waals surface area (Å²) in [6.45, 7) is 8.08. The van der Waals surface area contributed by atoms with E-state index in [4.69, 9.17) is 9.47 Å². The number of aromatic nitrogens is 2. The molecule has 1 aromatic heterocycles. The Kier molecular flexibility index (Phi) is 5.36. The van der Waals surface area contributed by atoms with Gasteiger partial charge in [0.25, 0.3) is 0 Å². The molecule has 0 atom stereocenters. The lowest BCUT2D eigenvalue weighted by molar-refractivity contribution is -0.118. The maximum absolute atomic E-state index is 12.0. The number of anilines is 1. The molecule has 0 unspecified atom stereocenters. The average molecular weight is 295 g/mol. The van der Waals surface area contributed by atoms with Crippen LogP contribution in [0.4, 0.5) is 5.82 Å². The molecule has 1 fully saturated rings. The van der Waals surface area contributed by atoms with Crippen molar-refractivity contribution in [3.63, 3.8) is 0 Å².